The van der Waals surface area contributed by atoms with Crippen molar-refractivity contribution in [2.75, 3.05) is 11.1 Å². The number of amides is 1. The van der Waals surface area contributed by atoms with Crippen LogP contribution in [0.5, 0.6) is 0 Å². The zero-order valence-corrected chi connectivity index (χ0v) is 13.1. The first-order chi connectivity index (χ1) is 11.8. The second-order valence-electron chi connectivity index (χ2n) is 5.05. The predicted molar refractivity (Wildman–Crippen MR) is 87.4 cm³/mol. The Morgan fingerprint density at radius 1 is 1.28 bits per heavy atom. The average Bonchev–Trinajstić information content (AvgIpc) is 2.56. The summed E-state index contributed by atoms with van der Waals surface area (Å²) in [5.41, 5.74) is 4.94. The van der Waals surface area contributed by atoms with Gasteiger partial charge in [0.1, 0.15) is 5.82 Å². The molecule has 0 radical (unpaired) electrons. The largest absolute Gasteiger partial charge is 0.449 e. The van der Waals surface area contributed by atoms with Gasteiger partial charge in [-0.3, -0.25) is 14.9 Å². The highest BCUT2D eigenvalue weighted by molar-refractivity contribution is 5.99. The molecule has 9 heteroatoms. The Bertz CT molecular complexity index is 840. The van der Waals surface area contributed by atoms with E-state index in [0.717, 1.165) is 18.2 Å². The van der Waals surface area contributed by atoms with Crippen LogP contribution in [0.4, 0.5) is 21.5 Å². The van der Waals surface area contributed by atoms with Crippen molar-refractivity contribution in [1.82, 2.24) is 0 Å². The van der Waals surface area contributed by atoms with Crippen LogP contribution in [0.25, 0.3) is 0 Å². The number of nitro groups is 1. The van der Waals surface area contributed by atoms with Crippen molar-refractivity contribution in [1.29, 1.82) is 0 Å². The number of ether oxygens (including phenoxy) is 1. The highest BCUT2D eigenvalue weighted by atomic mass is 19.1. The summed E-state index contributed by atoms with van der Waals surface area (Å²) in [6.07, 6.45) is -1.27. The summed E-state index contributed by atoms with van der Waals surface area (Å²) in [5.74, 6) is -2.41. The third-order valence-corrected chi connectivity index (χ3v) is 3.25. The van der Waals surface area contributed by atoms with Gasteiger partial charge < -0.3 is 15.8 Å². The van der Waals surface area contributed by atoms with Crippen LogP contribution >= 0.6 is 0 Å². The lowest BCUT2D eigenvalue weighted by atomic mass is 10.1. The predicted octanol–water partition coefficient (Wildman–Crippen LogP) is 2.50. The lowest BCUT2D eigenvalue weighted by Gasteiger charge is -2.14. The highest BCUT2D eigenvalue weighted by Gasteiger charge is 2.23. The van der Waals surface area contributed by atoms with Gasteiger partial charge in [0.15, 0.2) is 6.10 Å². The van der Waals surface area contributed by atoms with Gasteiger partial charge >= 0.3 is 5.97 Å². The molecule has 1 amide bonds. The molecular weight excluding hydrogens is 333 g/mol. The van der Waals surface area contributed by atoms with E-state index >= 15 is 0 Å². The number of nitrogens with one attached hydrogen (secondary N) is 1. The third-order valence-electron chi connectivity index (χ3n) is 3.25. The van der Waals surface area contributed by atoms with Gasteiger partial charge in [-0.05, 0) is 25.1 Å². The lowest BCUT2D eigenvalue weighted by molar-refractivity contribution is -0.384. The summed E-state index contributed by atoms with van der Waals surface area (Å²) >= 11 is 0. The molecule has 0 spiro atoms. The van der Waals surface area contributed by atoms with Crippen molar-refractivity contribution in [2.24, 2.45) is 0 Å². The summed E-state index contributed by atoms with van der Waals surface area (Å²) in [7, 11) is 0. The minimum absolute atomic E-state index is 0.0303. The zero-order chi connectivity index (χ0) is 18.6. The number of benzene rings is 2. The molecular formula is C16H14FN3O5. The van der Waals surface area contributed by atoms with E-state index < -0.39 is 28.7 Å². The number of anilines is 2. The minimum Gasteiger partial charge on any atom is -0.449 e. The number of carbonyl (C=O) groups is 2. The SMILES string of the molecule is C[C@H](OC(=O)c1cc([N+](=O)[O-])ccc1N)C(=O)Nc1ccccc1F. The number of para-hydroxylation sites is 1. The number of nitrogens with two attached hydrogens (primary N) is 1. The molecule has 2 aromatic rings. The molecule has 0 aromatic heterocycles. The Balaban J connectivity index is 2.09. The molecule has 0 fully saturated rings. The van der Waals surface area contributed by atoms with Crippen molar-refractivity contribution < 1.29 is 23.6 Å². The summed E-state index contributed by atoms with van der Waals surface area (Å²) in [5, 5.41) is 13.0. The van der Waals surface area contributed by atoms with Gasteiger partial charge in [0.05, 0.1) is 16.2 Å². The first-order valence-corrected chi connectivity index (χ1v) is 7.10. The maximum Gasteiger partial charge on any atom is 0.341 e. The number of nitro benzene ring substituents is 1. The van der Waals surface area contributed by atoms with Crippen molar-refractivity contribution in [3.05, 3.63) is 64.0 Å². The van der Waals surface area contributed by atoms with Crippen LogP contribution in [-0.4, -0.2) is 22.9 Å². The van der Waals surface area contributed by atoms with Crippen molar-refractivity contribution in [2.45, 2.75) is 13.0 Å². The van der Waals surface area contributed by atoms with Crippen LogP contribution in [-0.2, 0) is 9.53 Å². The van der Waals surface area contributed by atoms with Gasteiger partial charge in [-0.15, -0.1) is 0 Å². The van der Waals surface area contributed by atoms with Gasteiger partial charge in [-0.2, -0.15) is 0 Å². The number of nitrogens with zero attached hydrogens (tertiary/aromatic N) is 1. The van der Waals surface area contributed by atoms with Crippen LogP contribution in [0.1, 0.15) is 17.3 Å². The van der Waals surface area contributed by atoms with Crippen molar-refractivity contribution >= 4 is 28.9 Å². The molecule has 0 aliphatic heterocycles. The van der Waals surface area contributed by atoms with Gasteiger partial charge in [-0.1, -0.05) is 12.1 Å². The third kappa shape index (κ3) is 4.28. The lowest BCUT2D eigenvalue weighted by Crippen LogP contribution is -2.30. The van der Waals surface area contributed by atoms with Gasteiger partial charge in [0, 0.05) is 17.8 Å². The maximum absolute atomic E-state index is 13.5. The fraction of sp³-hybridized carbons (Fsp3) is 0.125. The fourth-order valence-electron chi connectivity index (χ4n) is 1.91. The molecule has 0 saturated carbocycles. The molecule has 1 atom stereocenters. The van der Waals surface area contributed by atoms with Crippen molar-refractivity contribution in [3.8, 4) is 0 Å². The number of rotatable bonds is 5. The maximum atomic E-state index is 13.5. The number of non-ortho nitro benzene ring substituents is 1. The number of halogens is 1. The molecule has 0 saturated heterocycles. The Morgan fingerprint density at radius 2 is 1.96 bits per heavy atom. The van der Waals surface area contributed by atoms with Crippen LogP contribution in [0.3, 0.4) is 0 Å². The fourth-order valence-corrected chi connectivity index (χ4v) is 1.91. The van der Waals surface area contributed by atoms with Crippen molar-refractivity contribution in [3.63, 3.8) is 0 Å². The van der Waals surface area contributed by atoms with E-state index in [0.29, 0.717) is 0 Å². The first kappa shape index (κ1) is 17.9. The van der Waals surface area contributed by atoms with Crippen LogP contribution in [0.15, 0.2) is 42.5 Å². The Hall–Kier alpha value is -3.49. The molecule has 25 heavy (non-hydrogen) atoms. The van der Waals surface area contributed by atoms with E-state index in [9.17, 15) is 24.1 Å². The number of nitrogen functional groups attached to an aromatic ring is 1. The van der Waals surface area contributed by atoms with Crippen LogP contribution < -0.4 is 11.1 Å². The number of esters is 1. The second-order valence-corrected chi connectivity index (χ2v) is 5.05. The van der Waals surface area contributed by atoms with Gasteiger partial charge in [0.25, 0.3) is 11.6 Å². The van der Waals surface area contributed by atoms with E-state index in [1.165, 1.54) is 31.2 Å². The summed E-state index contributed by atoms with van der Waals surface area (Å²) < 4.78 is 18.5. The quantitative estimate of drug-likeness (QED) is 0.370. The monoisotopic (exact) mass is 347 g/mol. The molecule has 130 valence electrons. The Kier molecular flexibility index (Phi) is 5.28. The van der Waals surface area contributed by atoms with E-state index in [1.807, 2.05) is 0 Å². The van der Waals surface area contributed by atoms with E-state index in [1.54, 1.807) is 0 Å². The topological polar surface area (TPSA) is 125 Å². The normalized spacial score (nSPS) is 11.4. The van der Waals surface area contributed by atoms with Gasteiger partial charge in [0.2, 0.25) is 0 Å². The Morgan fingerprint density at radius 3 is 2.60 bits per heavy atom. The number of hydrogen-bond donors (Lipinski definition) is 2. The van der Waals surface area contributed by atoms with Crippen LogP contribution in [0, 0.1) is 15.9 Å². The number of carbonyl (C=O) groups excluding carboxylic acids is 2. The van der Waals surface area contributed by atoms with Gasteiger partial charge in [-0.25, -0.2) is 9.18 Å². The average molecular weight is 347 g/mol. The highest BCUT2D eigenvalue weighted by Crippen LogP contribution is 2.21. The summed E-state index contributed by atoms with van der Waals surface area (Å²) in [4.78, 5) is 34.2. The molecule has 0 aliphatic rings. The molecule has 0 heterocycles. The summed E-state index contributed by atoms with van der Waals surface area (Å²) in [6, 6.07) is 8.79. The molecule has 0 unspecified atom stereocenters. The zero-order valence-electron chi connectivity index (χ0n) is 13.1. The van der Waals surface area contributed by atoms with E-state index in [-0.39, 0.29) is 22.6 Å². The second kappa shape index (κ2) is 7.39. The molecule has 2 rings (SSSR count). The van der Waals surface area contributed by atoms with E-state index in [2.05, 4.69) is 5.32 Å². The Labute approximate surface area is 141 Å². The standard InChI is InChI=1S/C16H14FN3O5/c1-9(15(21)19-14-5-3-2-4-12(14)17)25-16(22)11-8-10(20(23)24)6-7-13(11)18/h2-9H,18H2,1H3,(H,19,21)/t9-/m0/s1. The molecule has 8 nitrogen and oxygen atoms in total. The molecule has 0 bridgehead atoms. The first-order valence-electron chi connectivity index (χ1n) is 7.10. The number of hydrogen-bond acceptors (Lipinski definition) is 6. The molecule has 2 aromatic carbocycles. The smallest absolute Gasteiger partial charge is 0.341 e. The van der Waals surface area contributed by atoms with E-state index in [4.69, 9.17) is 10.5 Å². The minimum atomic E-state index is -1.27. The molecule has 3 N–H and O–H groups in total. The van der Waals surface area contributed by atoms with Crippen LogP contribution in [0.2, 0.25) is 0 Å². The molecule has 0 aliphatic carbocycles. The summed E-state index contributed by atoms with van der Waals surface area (Å²) in [6.45, 7) is 1.28.